The fraction of sp³-hybridized carbons (Fsp3) is 0.200. The highest BCUT2D eigenvalue weighted by molar-refractivity contribution is 5.77. The van der Waals surface area contributed by atoms with E-state index in [4.69, 9.17) is 9.15 Å². The van der Waals surface area contributed by atoms with Gasteiger partial charge in [-0.15, -0.1) is 0 Å². The van der Waals surface area contributed by atoms with Crippen LogP contribution < -0.4 is 4.74 Å². The van der Waals surface area contributed by atoms with E-state index < -0.39 is 0 Å². The molecule has 1 aromatic heterocycles. The first-order valence-corrected chi connectivity index (χ1v) is 6.13. The molecule has 0 bridgehead atoms. The molecule has 0 aliphatic carbocycles. The van der Waals surface area contributed by atoms with E-state index in [1.54, 1.807) is 43.6 Å². The van der Waals surface area contributed by atoms with Gasteiger partial charge in [-0.3, -0.25) is 9.59 Å². The molecule has 0 aliphatic rings. The molecule has 5 heteroatoms. The van der Waals surface area contributed by atoms with Gasteiger partial charge in [0.05, 0.1) is 12.8 Å². The van der Waals surface area contributed by atoms with Gasteiger partial charge in [-0.05, 0) is 36.4 Å². The molecule has 1 heterocycles. The summed E-state index contributed by atoms with van der Waals surface area (Å²) in [6, 6.07) is 10.2. The predicted octanol–water partition coefficient (Wildman–Crippen LogP) is 2.13. The van der Waals surface area contributed by atoms with Gasteiger partial charge in [-0.1, -0.05) is 0 Å². The van der Waals surface area contributed by atoms with Gasteiger partial charge in [0.25, 0.3) is 5.91 Å². The molecular weight excluding hydrogens is 258 g/mol. The van der Waals surface area contributed by atoms with E-state index in [0.29, 0.717) is 17.9 Å². The lowest BCUT2D eigenvalue weighted by Gasteiger charge is -2.16. The maximum Gasteiger partial charge on any atom is 0.260 e. The molecule has 0 atom stereocenters. The summed E-state index contributed by atoms with van der Waals surface area (Å²) in [5, 5.41) is 0. The normalized spacial score (nSPS) is 10.1. The van der Waals surface area contributed by atoms with Crippen molar-refractivity contribution in [3.63, 3.8) is 0 Å². The smallest absolute Gasteiger partial charge is 0.260 e. The van der Waals surface area contributed by atoms with E-state index in [-0.39, 0.29) is 12.5 Å². The van der Waals surface area contributed by atoms with Gasteiger partial charge in [-0.25, -0.2) is 0 Å². The maximum absolute atomic E-state index is 11.9. The van der Waals surface area contributed by atoms with Crippen LogP contribution in [0.4, 0.5) is 0 Å². The van der Waals surface area contributed by atoms with E-state index in [2.05, 4.69) is 0 Å². The zero-order chi connectivity index (χ0) is 14.4. The summed E-state index contributed by atoms with van der Waals surface area (Å²) in [6.07, 6.45) is 2.32. The summed E-state index contributed by atoms with van der Waals surface area (Å²) < 4.78 is 10.5. The highest BCUT2D eigenvalue weighted by atomic mass is 16.5. The number of carbonyl (C=O) groups is 2. The Kier molecular flexibility index (Phi) is 4.55. The number of amides is 1. The number of hydrogen-bond donors (Lipinski definition) is 0. The largest absolute Gasteiger partial charge is 0.484 e. The molecule has 0 saturated carbocycles. The minimum Gasteiger partial charge on any atom is -0.484 e. The molecule has 0 fully saturated rings. The van der Waals surface area contributed by atoms with Gasteiger partial charge in [0, 0.05) is 12.6 Å². The number of nitrogens with zero attached hydrogens (tertiary/aromatic N) is 1. The van der Waals surface area contributed by atoms with Crippen LogP contribution in [-0.4, -0.2) is 30.7 Å². The van der Waals surface area contributed by atoms with Gasteiger partial charge in [0.2, 0.25) is 0 Å². The van der Waals surface area contributed by atoms with Crippen molar-refractivity contribution in [2.45, 2.75) is 6.54 Å². The zero-order valence-corrected chi connectivity index (χ0v) is 11.1. The number of benzene rings is 1. The average molecular weight is 273 g/mol. The second kappa shape index (κ2) is 6.56. The number of hydrogen-bond acceptors (Lipinski definition) is 4. The van der Waals surface area contributed by atoms with Gasteiger partial charge in [-0.2, -0.15) is 0 Å². The van der Waals surface area contributed by atoms with E-state index in [0.717, 1.165) is 12.0 Å². The Morgan fingerprint density at radius 3 is 2.65 bits per heavy atom. The SMILES string of the molecule is CN(Cc1ccco1)C(=O)COc1ccc(C=O)cc1. The van der Waals surface area contributed by atoms with Crippen molar-refractivity contribution in [1.29, 1.82) is 0 Å². The summed E-state index contributed by atoms with van der Waals surface area (Å²) in [5.41, 5.74) is 0.568. The van der Waals surface area contributed by atoms with Crippen LogP contribution in [-0.2, 0) is 11.3 Å². The van der Waals surface area contributed by atoms with Gasteiger partial charge in [0.15, 0.2) is 6.61 Å². The first kappa shape index (κ1) is 13.9. The van der Waals surface area contributed by atoms with Crippen molar-refractivity contribution >= 4 is 12.2 Å². The predicted molar refractivity (Wildman–Crippen MR) is 72.5 cm³/mol. The minimum absolute atomic E-state index is 0.0579. The van der Waals surface area contributed by atoms with Crippen molar-refractivity contribution in [3.8, 4) is 5.75 Å². The van der Waals surface area contributed by atoms with Crippen LogP contribution in [0.1, 0.15) is 16.1 Å². The molecule has 0 spiro atoms. The van der Waals surface area contributed by atoms with Gasteiger partial charge < -0.3 is 14.1 Å². The molecule has 0 aliphatic heterocycles. The van der Waals surface area contributed by atoms with Crippen LogP contribution in [0.15, 0.2) is 47.1 Å². The molecule has 1 aromatic carbocycles. The van der Waals surface area contributed by atoms with E-state index in [1.807, 2.05) is 6.07 Å². The highest BCUT2D eigenvalue weighted by Gasteiger charge is 2.11. The molecule has 20 heavy (non-hydrogen) atoms. The summed E-state index contributed by atoms with van der Waals surface area (Å²) in [6.45, 7) is 0.344. The molecule has 0 unspecified atom stereocenters. The summed E-state index contributed by atoms with van der Waals surface area (Å²) >= 11 is 0. The molecular formula is C15H15NO4. The van der Waals surface area contributed by atoms with E-state index in [1.165, 1.54) is 4.90 Å². The van der Waals surface area contributed by atoms with Crippen molar-refractivity contribution in [1.82, 2.24) is 4.90 Å². The second-order valence-electron chi connectivity index (χ2n) is 4.30. The monoisotopic (exact) mass is 273 g/mol. The second-order valence-corrected chi connectivity index (χ2v) is 4.30. The molecule has 104 valence electrons. The molecule has 2 aromatic rings. The third kappa shape index (κ3) is 3.71. The number of carbonyl (C=O) groups excluding carboxylic acids is 2. The van der Waals surface area contributed by atoms with Crippen LogP contribution in [0.5, 0.6) is 5.75 Å². The zero-order valence-electron chi connectivity index (χ0n) is 11.1. The number of furan rings is 1. The Morgan fingerprint density at radius 2 is 2.05 bits per heavy atom. The molecule has 0 saturated heterocycles. The average Bonchev–Trinajstić information content (AvgIpc) is 2.98. The lowest BCUT2D eigenvalue weighted by Crippen LogP contribution is -2.30. The summed E-state index contributed by atoms with van der Waals surface area (Å²) in [4.78, 5) is 23.9. The first-order chi connectivity index (χ1) is 9.69. The minimum atomic E-state index is -0.152. The lowest BCUT2D eigenvalue weighted by atomic mass is 10.2. The van der Waals surface area contributed by atoms with Crippen LogP contribution in [0, 0.1) is 0 Å². The van der Waals surface area contributed by atoms with Gasteiger partial charge in [0.1, 0.15) is 17.8 Å². The van der Waals surface area contributed by atoms with Crippen LogP contribution in [0.2, 0.25) is 0 Å². The van der Waals surface area contributed by atoms with Crippen molar-refractivity contribution in [2.75, 3.05) is 13.7 Å². The Morgan fingerprint density at radius 1 is 1.30 bits per heavy atom. The van der Waals surface area contributed by atoms with Crippen molar-refractivity contribution < 1.29 is 18.7 Å². The topological polar surface area (TPSA) is 59.8 Å². The lowest BCUT2D eigenvalue weighted by molar-refractivity contribution is -0.132. The van der Waals surface area contributed by atoms with Crippen LogP contribution in [0.25, 0.3) is 0 Å². The fourth-order valence-electron chi connectivity index (χ4n) is 1.62. The third-order valence-electron chi connectivity index (χ3n) is 2.78. The molecule has 0 radical (unpaired) electrons. The van der Waals surface area contributed by atoms with Crippen LogP contribution in [0.3, 0.4) is 0 Å². The summed E-state index contributed by atoms with van der Waals surface area (Å²) in [5.74, 6) is 1.12. The maximum atomic E-state index is 11.9. The number of likely N-dealkylation sites (N-methyl/N-ethyl adjacent to an activating group) is 1. The standard InChI is InChI=1S/C15H15NO4/c1-16(9-14-3-2-8-19-14)15(18)11-20-13-6-4-12(10-17)5-7-13/h2-8,10H,9,11H2,1H3. The molecule has 5 nitrogen and oxygen atoms in total. The van der Waals surface area contributed by atoms with Crippen LogP contribution >= 0.6 is 0 Å². The van der Waals surface area contributed by atoms with Gasteiger partial charge >= 0.3 is 0 Å². The highest BCUT2D eigenvalue weighted by Crippen LogP contribution is 2.11. The van der Waals surface area contributed by atoms with Crippen molar-refractivity contribution in [2.24, 2.45) is 0 Å². The summed E-state index contributed by atoms with van der Waals surface area (Å²) in [7, 11) is 1.68. The quantitative estimate of drug-likeness (QED) is 0.756. The molecule has 0 N–H and O–H groups in total. The van der Waals surface area contributed by atoms with Crippen molar-refractivity contribution in [3.05, 3.63) is 54.0 Å². The molecule has 2 rings (SSSR count). The van der Waals surface area contributed by atoms with E-state index in [9.17, 15) is 9.59 Å². The number of rotatable bonds is 6. The first-order valence-electron chi connectivity index (χ1n) is 6.13. The Labute approximate surface area is 116 Å². The Balaban J connectivity index is 1.83. The Hall–Kier alpha value is -2.56. The number of aldehydes is 1. The van der Waals surface area contributed by atoms with E-state index >= 15 is 0 Å². The molecule has 1 amide bonds. The Bertz CT molecular complexity index is 560. The number of ether oxygens (including phenoxy) is 1. The fourth-order valence-corrected chi connectivity index (χ4v) is 1.62. The third-order valence-corrected chi connectivity index (χ3v) is 2.78.